The molecule has 0 aliphatic carbocycles. The van der Waals surface area contributed by atoms with E-state index in [1.807, 2.05) is 18.2 Å². The number of aromatic nitrogens is 2. The fraction of sp³-hybridized carbons (Fsp3) is 0.350. The first-order valence-corrected chi connectivity index (χ1v) is 9.36. The van der Waals surface area contributed by atoms with E-state index in [4.69, 9.17) is 0 Å². The molecule has 1 aliphatic heterocycles. The molecule has 1 saturated heterocycles. The zero-order valence-corrected chi connectivity index (χ0v) is 15.3. The highest BCUT2D eigenvalue weighted by Gasteiger charge is 2.24. The zero-order valence-electron chi connectivity index (χ0n) is 15.3. The summed E-state index contributed by atoms with van der Waals surface area (Å²) in [5.41, 5.74) is 3.13. The number of nitrogens with one attached hydrogen (secondary N) is 2. The minimum atomic E-state index is -0.422. The maximum Gasteiger partial charge on any atom is 0.311 e. The molecule has 27 heavy (non-hydrogen) atoms. The minimum absolute atomic E-state index is 0.0311. The topological polar surface area (TPSA) is 87.1 Å². The molecule has 7 heteroatoms. The van der Waals surface area contributed by atoms with Gasteiger partial charge < -0.3 is 15.2 Å². The summed E-state index contributed by atoms with van der Waals surface area (Å²) in [5.74, 6) is 0.256. The third-order valence-corrected chi connectivity index (χ3v) is 5.37. The van der Waals surface area contributed by atoms with Crippen LogP contribution < -0.4 is 5.32 Å². The fourth-order valence-corrected chi connectivity index (χ4v) is 4.00. The van der Waals surface area contributed by atoms with E-state index in [9.17, 15) is 10.1 Å². The number of nitrogens with zero attached hydrogens (tertiary/aromatic N) is 3. The Labute approximate surface area is 157 Å². The van der Waals surface area contributed by atoms with Gasteiger partial charge in [0.1, 0.15) is 0 Å². The van der Waals surface area contributed by atoms with Crippen molar-refractivity contribution < 1.29 is 4.92 Å². The van der Waals surface area contributed by atoms with Gasteiger partial charge >= 0.3 is 5.69 Å². The molecule has 2 N–H and O–H groups in total. The summed E-state index contributed by atoms with van der Waals surface area (Å²) >= 11 is 0. The quantitative estimate of drug-likeness (QED) is 0.504. The van der Waals surface area contributed by atoms with Crippen molar-refractivity contribution in [3.05, 3.63) is 58.4 Å². The van der Waals surface area contributed by atoms with Gasteiger partial charge in [0.2, 0.25) is 5.82 Å². The molecule has 1 fully saturated rings. The van der Waals surface area contributed by atoms with Gasteiger partial charge in [0.15, 0.2) is 0 Å². The van der Waals surface area contributed by atoms with Crippen LogP contribution in [0.3, 0.4) is 0 Å². The van der Waals surface area contributed by atoms with Crippen LogP contribution in [0.1, 0.15) is 25.3 Å². The number of H-pyrrole nitrogens is 1. The van der Waals surface area contributed by atoms with Crippen molar-refractivity contribution in [1.29, 1.82) is 0 Å². The fourth-order valence-electron chi connectivity index (χ4n) is 4.00. The molecule has 2 aromatic heterocycles. The van der Waals surface area contributed by atoms with Crippen LogP contribution in [0.15, 0.2) is 42.7 Å². The number of hydrogen-bond donors (Lipinski definition) is 2. The number of anilines is 2. The Morgan fingerprint density at radius 3 is 3.11 bits per heavy atom. The Morgan fingerprint density at radius 1 is 1.41 bits per heavy atom. The van der Waals surface area contributed by atoms with Crippen molar-refractivity contribution in [1.82, 2.24) is 14.9 Å². The second-order valence-electron chi connectivity index (χ2n) is 6.96. The van der Waals surface area contributed by atoms with E-state index in [-0.39, 0.29) is 11.5 Å². The summed E-state index contributed by atoms with van der Waals surface area (Å²) < 4.78 is 0. The zero-order chi connectivity index (χ0) is 18.8. The summed E-state index contributed by atoms with van der Waals surface area (Å²) in [6.07, 6.45) is 7.15. The number of pyridine rings is 1. The molecular weight excluding hydrogens is 342 g/mol. The van der Waals surface area contributed by atoms with Gasteiger partial charge in [0.05, 0.1) is 4.92 Å². The first-order chi connectivity index (χ1) is 13.2. The molecule has 0 bridgehead atoms. The summed E-state index contributed by atoms with van der Waals surface area (Å²) in [6.45, 7) is 4.48. The number of rotatable bonds is 6. The van der Waals surface area contributed by atoms with E-state index in [0.717, 1.165) is 29.6 Å². The number of likely N-dealkylation sites (tertiary alicyclic amines) is 1. The number of hydrogen-bond acceptors (Lipinski definition) is 5. The van der Waals surface area contributed by atoms with Crippen molar-refractivity contribution in [2.75, 3.05) is 18.4 Å². The summed E-state index contributed by atoms with van der Waals surface area (Å²) in [5, 5.41) is 15.5. The monoisotopic (exact) mass is 365 g/mol. The highest BCUT2D eigenvalue weighted by atomic mass is 16.6. The molecule has 4 rings (SSSR count). The molecule has 1 aromatic carbocycles. The summed E-state index contributed by atoms with van der Waals surface area (Å²) in [4.78, 5) is 20.8. The Kier molecular flexibility index (Phi) is 4.77. The van der Waals surface area contributed by atoms with Gasteiger partial charge in [-0.05, 0) is 62.2 Å². The van der Waals surface area contributed by atoms with Crippen LogP contribution in [0.2, 0.25) is 0 Å². The summed E-state index contributed by atoms with van der Waals surface area (Å²) in [7, 11) is 0. The number of aromatic amines is 1. The molecule has 3 aromatic rings. The van der Waals surface area contributed by atoms with E-state index in [2.05, 4.69) is 33.3 Å². The summed E-state index contributed by atoms with van der Waals surface area (Å²) in [6, 6.07) is 9.57. The van der Waals surface area contributed by atoms with Crippen molar-refractivity contribution in [3.8, 4) is 0 Å². The number of nitro groups is 1. The molecule has 140 valence electrons. The van der Waals surface area contributed by atoms with Gasteiger partial charge in [-0.3, -0.25) is 10.1 Å². The number of benzene rings is 1. The highest BCUT2D eigenvalue weighted by Crippen LogP contribution is 2.30. The van der Waals surface area contributed by atoms with Crippen molar-refractivity contribution in [3.63, 3.8) is 0 Å². The molecule has 1 aliphatic rings. The lowest BCUT2D eigenvalue weighted by molar-refractivity contribution is -0.384. The van der Waals surface area contributed by atoms with Crippen LogP contribution >= 0.6 is 0 Å². The Balaban J connectivity index is 1.62. The maximum absolute atomic E-state index is 11.2. The minimum Gasteiger partial charge on any atom is -0.361 e. The van der Waals surface area contributed by atoms with Crippen LogP contribution in [0.5, 0.6) is 0 Å². The van der Waals surface area contributed by atoms with Crippen molar-refractivity contribution in [2.24, 2.45) is 0 Å². The number of likely N-dealkylation sites (N-methyl/N-ethyl adjacent to an activating group) is 1. The van der Waals surface area contributed by atoms with E-state index >= 15 is 0 Å². The predicted molar refractivity (Wildman–Crippen MR) is 106 cm³/mol. The smallest absolute Gasteiger partial charge is 0.311 e. The molecular formula is C20H23N5O2. The first-order valence-electron chi connectivity index (χ1n) is 9.36. The van der Waals surface area contributed by atoms with Gasteiger partial charge in [-0.2, -0.15) is 0 Å². The average molecular weight is 365 g/mol. The molecule has 0 radical (unpaired) electrons. The van der Waals surface area contributed by atoms with Crippen LogP contribution in [0, 0.1) is 10.1 Å². The molecule has 7 nitrogen and oxygen atoms in total. The maximum atomic E-state index is 11.2. The second kappa shape index (κ2) is 7.36. The van der Waals surface area contributed by atoms with Gasteiger partial charge in [-0.1, -0.05) is 6.92 Å². The van der Waals surface area contributed by atoms with Crippen LogP contribution in [0.4, 0.5) is 17.2 Å². The molecule has 1 atom stereocenters. The van der Waals surface area contributed by atoms with Gasteiger partial charge in [-0.25, -0.2) is 4.98 Å². The molecule has 3 heterocycles. The van der Waals surface area contributed by atoms with Crippen molar-refractivity contribution >= 4 is 28.1 Å². The van der Waals surface area contributed by atoms with E-state index in [0.29, 0.717) is 6.04 Å². The predicted octanol–water partition coefficient (Wildman–Crippen LogP) is 4.24. The standard InChI is InChI=1S/C20H23N5O2/c1-2-24-10-4-5-16(24)11-14-13-22-18-8-7-15(12-17(14)18)23-20-19(25(26)27)6-3-9-21-20/h3,6-9,12-13,16,22H,2,4-5,10-11H2,1H3,(H,21,23). The van der Waals surface area contributed by atoms with Gasteiger partial charge in [0.25, 0.3) is 0 Å². The molecule has 0 saturated carbocycles. The van der Waals surface area contributed by atoms with E-state index < -0.39 is 4.92 Å². The van der Waals surface area contributed by atoms with Gasteiger partial charge in [-0.15, -0.1) is 0 Å². The average Bonchev–Trinajstić information content (AvgIpc) is 3.29. The first kappa shape index (κ1) is 17.5. The Morgan fingerprint density at radius 2 is 2.30 bits per heavy atom. The third-order valence-electron chi connectivity index (χ3n) is 5.37. The largest absolute Gasteiger partial charge is 0.361 e. The van der Waals surface area contributed by atoms with Crippen LogP contribution in [-0.2, 0) is 6.42 Å². The van der Waals surface area contributed by atoms with E-state index in [1.165, 1.54) is 31.0 Å². The SMILES string of the molecule is CCN1CCCC1Cc1c[nH]c2ccc(Nc3ncccc3[N+](=O)[O-])cc12. The van der Waals surface area contributed by atoms with Crippen LogP contribution in [0.25, 0.3) is 10.9 Å². The second-order valence-corrected chi connectivity index (χ2v) is 6.96. The Hall–Kier alpha value is -2.93. The van der Waals surface area contributed by atoms with Gasteiger partial charge in [0, 0.05) is 41.1 Å². The Bertz CT molecular complexity index is 968. The van der Waals surface area contributed by atoms with Crippen molar-refractivity contribution in [2.45, 2.75) is 32.2 Å². The lowest BCUT2D eigenvalue weighted by Gasteiger charge is -2.22. The highest BCUT2D eigenvalue weighted by molar-refractivity contribution is 5.87. The molecule has 1 unspecified atom stereocenters. The molecule has 0 amide bonds. The lowest BCUT2D eigenvalue weighted by Crippen LogP contribution is -2.30. The normalized spacial score (nSPS) is 17.4. The number of fused-ring (bicyclic) bond motifs is 1. The van der Waals surface area contributed by atoms with Crippen LogP contribution in [-0.4, -0.2) is 38.9 Å². The third kappa shape index (κ3) is 3.50. The lowest BCUT2D eigenvalue weighted by atomic mass is 10.0. The molecule has 0 spiro atoms. The van der Waals surface area contributed by atoms with E-state index in [1.54, 1.807) is 12.3 Å².